The molecule has 1 unspecified atom stereocenters. The van der Waals surface area contributed by atoms with Crippen LogP contribution in [0.4, 0.5) is 4.79 Å². The van der Waals surface area contributed by atoms with Crippen LogP contribution in [0.2, 0.25) is 0 Å². The van der Waals surface area contributed by atoms with E-state index in [0.717, 1.165) is 0 Å². The Labute approximate surface area is 145 Å². The first-order valence-electron chi connectivity index (χ1n) is 8.34. The Morgan fingerprint density at radius 3 is 2.32 bits per heavy atom. The fraction of sp³-hybridized carbons (Fsp3) is 0.529. The summed E-state index contributed by atoms with van der Waals surface area (Å²) in [5.41, 5.74) is 0.122. The lowest BCUT2D eigenvalue weighted by molar-refractivity contribution is -0.132. The highest BCUT2D eigenvalue weighted by molar-refractivity contribution is 5.96. The molecule has 0 saturated carbocycles. The predicted octanol–water partition coefficient (Wildman–Crippen LogP) is -0.236. The first kappa shape index (κ1) is 17.4. The molecule has 8 heteroatoms. The van der Waals surface area contributed by atoms with Crippen LogP contribution < -0.4 is 0 Å². The van der Waals surface area contributed by atoms with Crippen molar-refractivity contribution in [1.29, 1.82) is 0 Å². The minimum absolute atomic E-state index is 0.0133. The molecule has 1 atom stereocenters. The number of carboxylic acids is 1. The Bertz CT molecular complexity index is 651. The van der Waals surface area contributed by atoms with Crippen molar-refractivity contribution in [3.63, 3.8) is 0 Å². The molecule has 2 fully saturated rings. The SMILES string of the molecule is O=C=C1C(C(=O)O)=CC=CC1N1CCN(C(=O)N2CCOCC2)CC1. The summed E-state index contributed by atoms with van der Waals surface area (Å²) in [5, 5.41) is 9.23. The normalized spacial score (nSPS) is 24.7. The lowest BCUT2D eigenvalue weighted by atomic mass is 9.93. The van der Waals surface area contributed by atoms with Crippen molar-refractivity contribution in [2.75, 3.05) is 52.5 Å². The van der Waals surface area contributed by atoms with Gasteiger partial charge in [-0.1, -0.05) is 12.2 Å². The lowest BCUT2D eigenvalue weighted by Crippen LogP contribution is -2.56. The van der Waals surface area contributed by atoms with Gasteiger partial charge >= 0.3 is 12.0 Å². The smallest absolute Gasteiger partial charge is 0.336 e. The number of carbonyl (C=O) groups excluding carboxylic acids is 2. The number of morpholine rings is 1. The second-order valence-corrected chi connectivity index (χ2v) is 6.14. The minimum atomic E-state index is -1.13. The molecular formula is C17H21N3O5. The van der Waals surface area contributed by atoms with Gasteiger partial charge in [-0.2, -0.15) is 0 Å². The van der Waals surface area contributed by atoms with Gasteiger partial charge < -0.3 is 19.6 Å². The van der Waals surface area contributed by atoms with E-state index in [1.807, 2.05) is 4.90 Å². The number of nitrogens with zero attached hydrogens (tertiary/aromatic N) is 3. The zero-order valence-corrected chi connectivity index (χ0v) is 13.9. The van der Waals surface area contributed by atoms with Gasteiger partial charge in [-0.3, -0.25) is 4.90 Å². The molecule has 2 saturated heterocycles. The Hall–Kier alpha value is -2.41. The average molecular weight is 347 g/mol. The van der Waals surface area contributed by atoms with E-state index in [0.29, 0.717) is 52.5 Å². The predicted molar refractivity (Wildman–Crippen MR) is 88.8 cm³/mol. The molecule has 134 valence electrons. The molecular weight excluding hydrogens is 326 g/mol. The lowest BCUT2D eigenvalue weighted by Gasteiger charge is -2.41. The zero-order chi connectivity index (χ0) is 17.8. The molecule has 0 aromatic carbocycles. The van der Waals surface area contributed by atoms with Gasteiger partial charge in [0.2, 0.25) is 0 Å². The van der Waals surface area contributed by atoms with E-state index in [1.165, 1.54) is 6.08 Å². The summed E-state index contributed by atoms with van der Waals surface area (Å²) in [5.74, 6) is 0.660. The molecule has 2 heterocycles. The maximum atomic E-state index is 12.5. The summed E-state index contributed by atoms with van der Waals surface area (Å²) in [6.45, 7) is 4.57. The van der Waals surface area contributed by atoms with E-state index in [2.05, 4.69) is 0 Å². The van der Waals surface area contributed by atoms with Gasteiger partial charge in [0.15, 0.2) is 0 Å². The quantitative estimate of drug-likeness (QED) is 0.694. The van der Waals surface area contributed by atoms with Crippen LogP contribution in [0.15, 0.2) is 29.4 Å². The highest BCUT2D eigenvalue weighted by Crippen LogP contribution is 2.24. The highest BCUT2D eigenvalue weighted by atomic mass is 16.5. The number of carboxylic acid groups (broad SMARTS) is 1. The Kier molecular flexibility index (Phi) is 5.33. The van der Waals surface area contributed by atoms with Crippen molar-refractivity contribution in [3.8, 4) is 0 Å². The number of allylic oxidation sites excluding steroid dienone is 2. The second kappa shape index (κ2) is 7.65. The second-order valence-electron chi connectivity index (χ2n) is 6.14. The molecule has 0 bridgehead atoms. The Balaban J connectivity index is 1.61. The number of ether oxygens (including phenoxy) is 1. The van der Waals surface area contributed by atoms with E-state index < -0.39 is 12.0 Å². The van der Waals surface area contributed by atoms with Gasteiger partial charge in [-0.05, 0) is 6.08 Å². The van der Waals surface area contributed by atoms with Crippen LogP contribution in [0, 0.1) is 0 Å². The third kappa shape index (κ3) is 3.66. The third-order valence-electron chi connectivity index (χ3n) is 4.74. The van der Waals surface area contributed by atoms with Crippen LogP contribution in [0.25, 0.3) is 0 Å². The van der Waals surface area contributed by atoms with Gasteiger partial charge in [0.25, 0.3) is 0 Å². The van der Waals surface area contributed by atoms with Gasteiger partial charge in [0.05, 0.1) is 30.4 Å². The minimum Gasteiger partial charge on any atom is -0.478 e. The fourth-order valence-electron chi connectivity index (χ4n) is 3.35. The van der Waals surface area contributed by atoms with Crippen molar-refractivity contribution in [1.82, 2.24) is 14.7 Å². The summed E-state index contributed by atoms with van der Waals surface area (Å²) in [4.78, 5) is 40.7. The van der Waals surface area contributed by atoms with E-state index in [4.69, 9.17) is 4.74 Å². The van der Waals surface area contributed by atoms with Crippen molar-refractivity contribution in [2.45, 2.75) is 6.04 Å². The molecule has 1 N–H and O–H groups in total. The first-order chi connectivity index (χ1) is 12.1. The summed E-state index contributed by atoms with van der Waals surface area (Å²) in [6, 6.07) is -0.395. The standard InChI is InChI=1S/C17H21N3O5/c21-12-14-13(16(22)23)2-1-3-15(14)18-4-6-19(7-5-18)17(24)20-8-10-25-11-9-20/h1-3,15H,4-11H2,(H,22,23). The molecule has 25 heavy (non-hydrogen) atoms. The molecule has 0 aromatic rings. The van der Waals surface area contributed by atoms with E-state index in [1.54, 1.807) is 27.9 Å². The van der Waals surface area contributed by atoms with Gasteiger partial charge in [0, 0.05) is 39.3 Å². The van der Waals surface area contributed by atoms with Crippen molar-refractivity contribution in [2.24, 2.45) is 0 Å². The van der Waals surface area contributed by atoms with Gasteiger partial charge in [0.1, 0.15) is 5.94 Å². The number of rotatable bonds is 2. The molecule has 0 aromatic heterocycles. The molecule has 0 radical (unpaired) electrons. The summed E-state index contributed by atoms with van der Waals surface area (Å²) >= 11 is 0. The fourth-order valence-corrected chi connectivity index (χ4v) is 3.35. The third-order valence-corrected chi connectivity index (χ3v) is 4.74. The molecule has 0 spiro atoms. The first-order valence-corrected chi connectivity index (χ1v) is 8.34. The number of amides is 2. The molecule has 3 rings (SSSR count). The average Bonchev–Trinajstić information content (AvgIpc) is 2.67. The van der Waals surface area contributed by atoms with Crippen LogP contribution in [-0.2, 0) is 14.3 Å². The van der Waals surface area contributed by atoms with Crippen LogP contribution in [0.3, 0.4) is 0 Å². The molecule has 8 nitrogen and oxygen atoms in total. The maximum absolute atomic E-state index is 12.5. The van der Waals surface area contributed by atoms with Gasteiger partial charge in [-0.25, -0.2) is 14.4 Å². The van der Waals surface area contributed by atoms with Crippen LogP contribution in [-0.4, -0.2) is 96.3 Å². The number of hydrogen-bond acceptors (Lipinski definition) is 5. The van der Waals surface area contributed by atoms with Crippen LogP contribution >= 0.6 is 0 Å². The summed E-state index contributed by atoms with van der Waals surface area (Å²) in [6.07, 6.45) is 4.86. The summed E-state index contributed by atoms with van der Waals surface area (Å²) in [7, 11) is 0. The Morgan fingerprint density at radius 2 is 1.72 bits per heavy atom. The monoisotopic (exact) mass is 347 g/mol. The molecule has 2 amide bonds. The van der Waals surface area contributed by atoms with Gasteiger partial charge in [-0.15, -0.1) is 0 Å². The van der Waals surface area contributed by atoms with Crippen LogP contribution in [0.5, 0.6) is 0 Å². The van der Waals surface area contributed by atoms with E-state index >= 15 is 0 Å². The van der Waals surface area contributed by atoms with Crippen LogP contribution in [0.1, 0.15) is 0 Å². The number of aliphatic carboxylic acids is 1. The molecule has 3 aliphatic rings. The highest BCUT2D eigenvalue weighted by Gasteiger charge is 2.33. The number of hydrogen-bond donors (Lipinski definition) is 1. The maximum Gasteiger partial charge on any atom is 0.336 e. The number of urea groups is 1. The zero-order valence-electron chi connectivity index (χ0n) is 13.9. The largest absolute Gasteiger partial charge is 0.478 e. The molecule has 1 aliphatic carbocycles. The van der Waals surface area contributed by atoms with E-state index in [9.17, 15) is 19.5 Å². The van der Waals surface area contributed by atoms with Crippen molar-refractivity contribution in [3.05, 3.63) is 29.4 Å². The number of piperazine rings is 1. The molecule has 2 aliphatic heterocycles. The topological polar surface area (TPSA) is 90.4 Å². The van der Waals surface area contributed by atoms with Crippen molar-refractivity contribution < 1.29 is 24.2 Å². The van der Waals surface area contributed by atoms with Crippen molar-refractivity contribution >= 4 is 17.9 Å². The number of carbonyl (C=O) groups is 2. The van der Waals surface area contributed by atoms with E-state index in [-0.39, 0.29) is 17.2 Å². The Morgan fingerprint density at radius 1 is 1.08 bits per heavy atom. The summed E-state index contributed by atoms with van der Waals surface area (Å²) < 4.78 is 5.27.